The number of anilines is 2. The number of nitrogens with one attached hydrogen (secondary N) is 1. The van der Waals surface area contributed by atoms with Crippen molar-refractivity contribution >= 4 is 28.1 Å². The van der Waals surface area contributed by atoms with Crippen molar-refractivity contribution in [2.45, 2.75) is 6.92 Å². The fraction of sp³-hybridized carbons (Fsp3) is 0.0345. The van der Waals surface area contributed by atoms with Gasteiger partial charge in [0.1, 0.15) is 5.52 Å². The van der Waals surface area contributed by atoms with E-state index in [0.29, 0.717) is 39.0 Å². The zero-order chi connectivity index (χ0) is 22.4. The van der Waals surface area contributed by atoms with Gasteiger partial charge in [0.15, 0.2) is 11.5 Å². The molecule has 0 atom stereocenters. The Kier molecular flexibility index (Phi) is 4.34. The molecule has 4 heteroatoms. The van der Waals surface area contributed by atoms with Gasteiger partial charge in [-0.25, -0.2) is 0 Å². The number of hydrogen-bond donors (Lipinski definition) is 1. The van der Waals surface area contributed by atoms with Crippen molar-refractivity contribution in [2.24, 2.45) is 0 Å². The first-order valence-corrected chi connectivity index (χ1v) is 10.7. The van der Waals surface area contributed by atoms with Gasteiger partial charge in [0.25, 0.3) is 0 Å². The number of rotatable bonds is 2. The first-order valence-electron chi connectivity index (χ1n) is 10.7. The molecule has 1 aromatic heterocycles. The molecule has 4 nitrogen and oxygen atoms in total. The maximum atomic E-state index is 13.6. The van der Waals surface area contributed by atoms with Crippen molar-refractivity contribution in [1.82, 2.24) is 5.16 Å². The fourth-order valence-electron chi connectivity index (χ4n) is 4.29. The topological polar surface area (TPSA) is 55.1 Å². The Hall–Kier alpha value is -4.62. The minimum Gasteiger partial charge on any atom is -0.355 e. The van der Waals surface area contributed by atoms with E-state index in [1.54, 1.807) is 0 Å². The number of ketones is 1. The molecule has 0 bridgehead atoms. The zero-order valence-corrected chi connectivity index (χ0v) is 17.8. The highest BCUT2D eigenvalue weighted by Crippen LogP contribution is 2.44. The van der Waals surface area contributed by atoms with E-state index in [-0.39, 0.29) is 5.78 Å². The maximum absolute atomic E-state index is 13.6. The molecule has 156 valence electrons. The van der Waals surface area contributed by atoms with Crippen LogP contribution in [0.1, 0.15) is 32.6 Å². The van der Waals surface area contributed by atoms with Gasteiger partial charge in [-0.3, -0.25) is 4.79 Å². The van der Waals surface area contributed by atoms with Gasteiger partial charge < -0.3 is 9.84 Å². The van der Waals surface area contributed by atoms with Gasteiger partial charge in [0, 0.05) is 22.4 Å². The van der Waals surface area contributed by atoms with Crippen molar-refractivity contribution in [2.75, 3.05) is 5.32 Å². The first-order chi connectivity index (χ1) is 16.2. The van der Waals surface area contributed by atoms with Gasteiger partial charge in [-0.2, -0.15) is 0 Å². The van der Waals surface area contributed by atoms with E-state index in [0.717, 1.165) is 22.4 Å². The average Bonchev–Trinajstić information content (AvgIpc) is 3.28. The third-order valence-electron chi connectivity index (χ3n) is 5.81. The number of carbonyl (C=O) groups is 1. The maximum Gasteiger partial charge on any atom is 0.196 e. The molecule has 0 saturated carbocycles. The summed E-state index contributed by atoms with van der Waals surface area (Å²) in [6, 6.07) is 27.2. The van der Waals surface area contributed by atoms with Gasteiger partial charge in [-0.1, -0.05) is 71.6 Å². The van der Waals surface area contributed by atoms with Crippen LogP contribution < -0.4 is 5.32 Å². The highest BCUT2D eigenvalue weighted by atomic mass is 16.5. The number of benzene rings is 4. The van der Waals surface area contributed by atoms with Gasteiger partial charge in [0.05, 0.1) is 22.2 Å². The Morgan fingerprint density at radius 2 is 1.64 bits per heavy atom. The minimum absolute atomic E-state index is 0.0518. The van der Waals surface area contributed by atoms with E-state index in [1.165, 1.54) is 0 Å². The Labute approximate surface area is 190 Å². The normalized spacial score (nSPS) is 11.6. The summed E-state index contributed by atoms with van der Waals surface area (Å²) in [4.78, 5) is 13.6. The summed E-state index contributed by atoms with van der Waals surface area (Å²) in [5, 5.41) is 8.49. The smallest absolute Gasteiger partial charge is 0.196 e. The number of fused-ring (bicyclic) bond motifs is 2. The molecule has 0 radical (unpaired) electrons. The van der Waals surface area contributed by atoms with Gasteiger partial charge in [-0.05, 0) is 42.8 Å². The third kappa shape index (κ3) is 3.19. The van der Waals surface area contributed by atoms with Crippen LogP contribution >= 0.6 is 0 Å². The molecule has 1 N–H and O–H groups in total. The molecule has 6 rings (SSSR count). The molecule has 0 amide bonds. The van der Waals surface area contributed by atoms with Crippen molar-refractivity contribution in [3.8, 4) is 23.2 Å². The second kappa shape index (κ2) is 7.51. The van der Waals surface area contributed by atoms with Crippen molar-refractivity contribution in [1.29, 1.82) is 0 Å². The van der Waals surface area contributed by atoms with Crippen LogP contribution in [-0.2, 0) is 0 Å². The van der Waals surface area contributed by atoms with Gasteiger partial charge in [0.2, 0.25) is 0 Å². The van der Waals surface area contributed by atoms with Crippen molar-refractivity contribution in [3.05, 3.63) is 113 Å². The Morgan fingerprint density at radius 1 is 0.848 bits per heavy atom. The van der Waals surface area contributed by atoms with Crippen LogP contribution in [0.25, 0.3) is 22.2 Å². The van der Waals surface area contributed by atoms with Crippen LogP contribution in [0.3, 0.4) is 0 Å². The molecule has 5 aromatic rings. The van der Waals surface area contributed by atoms with Gasteiger partial charge >= 0.3 is 0 Å². The molecule has 4 aromatic carbocycles. The number of hydrogen-bond acceptors (Lipinski definition) is 4. The summed E-state index contributed by atoms with van der Waals surface area (Å²) in [7, 11) is 0. The molecule has 0 fully saturated rings. The van der Waals surface area contributed by atoms with Gasteiger partial charge in [-0.15, -0.1) is 0 Å². The number of carbonyl (C=O) groups excluding carboxylic acids is 1. The summed E-state index contributed by atoms with van der Waals surface area (Å²) in [6.45, 7) is 2.04. The van der Waals surface area contributed by atoms with Crippen LogP contribution in [-0.4, -0.2) is 10.9 Å². The molecule has 1 aliphatic rings. The van der Waals surface area contributed by atoms with Crippen LogP contribution in [0.5, 0.6) is 0 Å². The van der Waals surface area contributed by atoms with Crippen LogP contribution in [0.4, 0.5) is 11.4 Å². The lowest BCUT2D eigenvalue weighted by atomic mass is 9.85. The number of aryl methyl sites for hydroxylation is 1. The molecule has 1 aliphatic carbocycles. The number of aromatic nitrogens is 1. The highest BCUT2D eigenvalue weighted by molar-refractivity contribution is 6.28. The largest absolute Gasteiger partial charge is 0.355 e. The van der Waals surface area contributed by atoms with E-state index in [4.69, 9.17) is 4.52 Å². The lowest BCUT2D eigenvalue weighted by molar-refractivity contribution is 0.104. The predicted molar refractivity (Wildman–Crippen MR) is 130 cm³/mol. The Morgan fingerprint density at radius 3 is 2.45 bits per heavy atom. The van der Waals surface area contributed by atoms with Crippen LogP contribution in [0.15, 0.2) is 89.5 Å². The number of nitrogens with zero attached hydrogens (tertiary/aromatic N) is 1. The monoisotopic (exact) mass is 426 g/mol. The lowest BCUT2D eigenvalue weighted by Crippen LogP contribution is -2.12. The molecule has 0 saturated heterocycles. The second-order valence-corrected chi connectivity index (χ2v) is 8.07. The molecule has 1 heterocycles. The Bertz CT molecular complexity index is 1620. The second-order valence-electron chi connectivity index (χ2n) is 8.07. The Balaban J connectivity index is 1.62. The molecular weight excluding hydrogens is 408 g/mol. The predicted octanol–water partition coefficient (Wildman–Crippen LogP) is 6.49. The molecule has 0 unspecified atom stereocenters. The van der Waals surface area contributed by atoms with Crippen molar-refractivity contribution in [3.63, 3.8) is 0 Å². The minimum atomic E-state index is -0.0518. The SMILES string of the molecule is Cc1cccc(Nc2cc(C#Cc3ccccc3)c3noc4c3c2C(=O)c2ccccc2-4)c1. The summed E-state index contributed by atoms with van der Waals surface area (Å²) < 4.78 is 5.79. The van der Waals surface area contributed by atoms with Crippen LogP contribution in [0.2, 0.25) is 0 Å². The van der Waals surface area contributed by atoms with E-state index >= 15 is 0 Å². The van der Waals surface area contributed by atoms with Crippen LogP contribution in [0, 0.1) is 18.8 Å². The van der Waals surface area contributed by atoms with E-state index in [1.807, 2.05) is 91.9 Å². The molecular formula is C29H18N2O2. The lowest BCUT2D eigenvalue weighted by Gasteiger charge is -2.18. The molecule has 33 heavy (non-hydrogen) atoms. The van der Waals surface area contributed by atoms with E-state index in [9.17, 15) is 4.79 Å². The zero-order valence-electron chi connectivity index (χ0n) is 17.8. The summed E-state index contributed by atoms with van der Waals surface area (Å²) >= 11 is 0. The fourth-order valence-corrected chi connectivity index (χ4v) is 4.29. The van der Waals surface area contributed by atoms with E-state index < -0.39 is 0 Å². The standard InChI is InChI=1S/C29H18N2O2/c1-18-8-7-11-21(16-18)30-24-17-20(15-14-19-9-3-2-4-10-19)27-26-25(24)28(32)22-12-5-6-13-23(22)29(26)33-31-27/h2-13,16-17,30H,1H3. The molecule has 0 spiro atoms. The summed E-state index contributed by atoms with van der Waals surface area (Å²) in [5.74, 6) is 7.00. The van der Waals surface area contributed by atoms with E-state index in [2.05, 4.69) is 22.3 Å². The summed E-state index contributed by atoms with van der Waals surface area (Å²) in [5.41, 5.74) is 6.85. The quantitative estimate of drug-likeness (QED) is 0.322. The highest BCUT2D eigenvalue weighted by Gasteiger charge is 2.32. The summed E-state index contributed by atoms with van der Waals surface area (Å²) in [6.07, 6.45) is 0. The first kappa shape index (κ1) is 19.1. The average molecular weight is 426 g/mol. The molecule has 0 aliphatic heterocycles. The van der Waals surface area contributed by atoms with Crippen molar-refractivity contribution < 1.29 is 9.32 Å². The third-order valence-corrected chi connectivity index (χ3v) is 5.81.